The van der Waals surface area contributed by atoms with E-state index in [-0.39, 0.29) is 50.0 Å². The molecule has 0 saturated carbocycles. The number of fused-ring (bicyclic) bond motifs is 2. The number of phenols is 1. The Morgan fingerprint density at radius 3 is 2.64 bits per heavy atom. The van der Waals surface area contributed by atoms with Gasteiger partial charge >= 0.3 is 5.97 Å². The number of hydrogen-bond acceptors (Lipinski definition) is 11. The number of pyridine rings is 2. The average Bonchev–Trinajstić information content (AvgIpc) is 3.57. The molecule has 1 fully saturated rings. The van der Waals surface area contributed by atoms with E-state index >= 15 is 0 Å². The number of nitrogens with zero attached hydrogens (tertiary/aromatic N) is 4. The molecule has 17 heteroatoms. The van der Waals surface area contributed by atoms with Gasteiger partial charge in [-0.25, -0.2) is 4.79 Å². The minimum Gasteiger partial charge on any atom is -0.508 e. The zero-order valence-corrected chi connectivity index (χ0v) is 23.8. The maximum atomic E-state index is 13.6. The minimum absolute atomic E-state index is 0.0324. The minimum atomic E-state index is -1.40. The van der Waals surface area contributed by atoms with Crippen LogP contribution in [0.3, 0.4) is 0 Å². The number of hydrogen-bond donors (Lipinski definition) is 6. The van der Waals surface area contributed by atoms with E-state index in [2.05, 4.69) is 36.0 Å². The van der Waals surface area contributed by atoms with E-state index in [1.165, 1.54) is 54.6 Å². The number of H-pyrrole nitrogens is 2. The molecule has 15 nitrogen and oxygen atoms in total. The number of thiocarbonyl (C=S) groups is 1. The van der Waals surface area contributed by atoms with Gasteiger partial charge in [-0.3, -0.25) is 29.1 Å². The van der Waals surface area contributed by atoms with Crippen LogP contribution in [0.5, 0.6) is 5.75 Å². The van der Waals surface area contributed by atoms with Crippen molar-refractivity contribution in [3.63, 3.8) is 0 Å². The Morgan fingerprint density at radius 2 is 1.93 bits per heavy atom. The Labute approximate surface area is 255 Å². The number of carbonyl (C=O) groups excluding carboxylic acids is 3. The first-order chi connectivity index (χ1) is 21.2. The predicted octanol–water partition coefficient (Wildman–Crippen LogP) is 0.375. The van der Waals surface area contributed by atoms with Gasteiger partial charge in [0.2, 0.25) is 11.3 Å². The monoisotopic (exact) mass is 632 g/mol. The molecular formula is C27H20N8O7S2. The van der Waals surface area contributed by atoms with E-state index in [1.54, 1.807) is 12.1 Å². The fourth-order valence-corrected chi connectivity index (χ4v) is 6.60. The van der Waals surface area contributed by atoms with Crippen molar-refractivity contribution < 1.29 is 29.4 Å². The third-order valence-corrected chi connectivity index (χ3v) is 8.77. The molecule has 2 unspecified atom stereocenters. The summed E-state index contributed by atoms with van der Waals surface area (Å²) in [5.74, 6) is -3.73. The summed E-state index contributed by atoms with van der Waals surface area (Å²) in [4.78, 5) is 73.4. The molecule has 1 saturated heterocycles. The molecule has 0 aliphatic carbocycles. The zero-order valence-electron chi connectivity index (χ0n) is 22.2. The van der Waals surface area contributed by atoms with Crippen LogP contribution < -0.4 is 16.1 Å². The molecule has 4 aromatic rings. The smallest absolute Gasteiger partial charge is 0.353 e. The van der Waals surface area contributed by atoms with Gasteiger partial charge in [0.15, 0.2) is 0 Å². The first kappa shape index (κ1) is 28.7. The number of rotatable bonds is 8. The van der Waals surface area contributed by atoms with Gasteiger partial charge in [-0.05, 0) is 29.8 Å². The van der Waals surface area contributed by atoms with Crippen LogP contribution in [0.25, 0.3) is 11.0 Å². The molecule has 3 atom stereocenters. The van der Waals surface area contributed by atoms with E-state index in [0.29, 0.717) is 5.52 Å². The molecule has 5 heterocycles. The van der Waals surface area contributed by atoms with Crippen LogP contribution in [0.2, 0.25) is 0 Å². The lowest BCUT2D eigenvalue weighted by atomic mass is 9.99. The van der Waals surface area contributed by atoms with Crippen molar-refractivity contribution in [1.29, 1.82) is 0 Å². The Kier molecular flexibility index (Phi) is 7.40. The third kappa shape index (κ3) is 4.96. The highest BCUT2D eigenvalue weighted by Gasteiger charge is 2.55. The van der Waals surface area contributed by atoms with Gasteiger partial charge in [-0.1, -0.05) is 24.4 Å². The number of aliphatic carboxylic acids is 1. The fourth-order valence-electron chi connectivity index (χ4n) is 4.89. The number of β-lactam (4-membered cyclic amide) rings is 1. The van der Waals surface area contributed by atoms with E-state index in [0.717, 1.165) is 4.90 Å². The summed E-state index contributed by atoms with van der Waals surface area (Å²) in [6.07, 6.45) is 3.96. The standard InChI is InChI=1S/C27H20N8O7S2/c36-12-5-3-11(4-6-12)17(31-23(38)13-8-29-15-2-1-7-28-18(15)21(13)37)24(39)32-19-25(40)35-20(27(41)42)14(10-44-26(19)35)22(43)16-9-30-34-33-16/h1-9,17,19,26,36H,10H2,(H,29,37)(H,31,38)(H,32,39)(H,41,42)(H,30,33,34)/t17?,19?,26-/m0/s1. The summed E-state index contributed by atoms with van der Waals surface area (Å²) in [6.45, 7) is 0. The van der Waals surface area contributed by atoms with Gasteiger partial charge in [-0.2, -0.15) is 15.4 Å². The van der Waals surface area contributed by atoms with Crippen LogP contribution in [0.1, 0.15) is 27.7 Å². The van der Waals surface area contributed by atoms with Gasteiger partial charge in [-0.15, -0.1) is 11.8 Å². The number of carboxylic acids is 1. The van der Waals surface area contributed by atoms with Crippen molar-refractivity contribution in [2.75, 3.05) is 5.75 Å². The molecule has 44 heavy (non-hydrogen) atoms. The molecule has 0 radical (unpaired) electrons. The van der Waals surface area contributed by atoms with Crippen molar-refractivity contribution in [2.24, 2.45) is 0 Å². The number of nitrogens with one attached hydrogen (secondary N) is 4. The fraction of sp³-hybridized carbons (Fsp3) is 0.148. The number of carbonyl (C=O) groups is 4. The van der Waals surface area contributed by atoms with E-state index in [9.17, 15) is 34.2 Å². The van der Waals surface area contributed by atoms with Crippen LogP contribution in [0.4, 0.5) is 0 Å². The Bertz CT molecular complexity index is 1940. The van der Waals surface area contributed by atoms with Crippen molar-refractivity contribution in [3.8, 4) is 5.75 Å². The van der Waals surface area contributed by atoms with Gasteiger partial charge in [0.05, 0.1) is 16.6 Å². The summed E-state index contributed by atoms with van der Waals surface area (Å²) >= 11 is 6.60. The second-order valence-corrected chi connectivity index (χ2v) is 11.2. The molecule has 3 aromatic heterocycles. The molecule has 1 aromatic carbocycles. The highest BCUT2D eigenvalue weighted by molar-refractivity contribution is 8.00. The number of aromatic nitrogens is 5. The summed E-state index contributed by atoms with van der Waals surface area (Å²) in [7, 11) is 0. The van der Waals surface area contributed by atoms with Crippen LogP contribution >= 0.6 is 24.0 Å². The first-order valence-corrected chi connectivity index (χ1v) is 14.3. The second kappa shape index (κ2) is 11.3. The molecular weight excluding hydrogens is 612 g/mol. The topological polar surface area (TPSA) is 223 Å². The van der Waals surface area contributed by atoms with E-state index in [1.807, 2.05) is 0 Å². The van der Waals surface area contributed by atoms with Gasteiger partial charge in [0.1, 0.15) is 45.7 Å². The van der Waals surface area contributed by atoms with Crippen LogP contribution in [-0.4, -0.2) is 86.2 Å². The van der Waals surface area contributed by atoms with Crippen molar-refractivity contribution >= 4 is 63.6 Å². The van der Waals surface area contributed by atoms with E-state index in [4.69, 9.17) is 12.2 Å². The number of amides is 3. The highest BCUT2D eigenvalue weighted by atomic mass is 32.2. The Morgan fingerprint density at radius 1 is 1.16 bits per heavy atom. The molecule has 222 valence electrons. The lowest BCUT2D eigenvalue weighted by Crippen LogP contribution is -2.71. The maximum Gasteiger partial charge on any atom is 0.353 e. The summed E-state index contributed by atoms with van der Waals surface area (Å²) < 4.78 is 0. The summed E-state index contributed by atoms with van der Waals surface area (Å²) in [6, 6.07) is 6.14. The lowest BCUT2D eigenvalue weighted by molar-refractivity contribution is -0.150. The third-order valence-electron chi connectivity index (χ3n) is 7.04. The molecule has 0 spiro atoms. The van der Waals surface area contributed by atoms with Crippen LogP contribution in [0.15, 0.2) is 71.1 Å². The first-order valence-electron chi connectivity index (χ1n) is 12.8. The van der Waals surface area contributed by atoms with Crippen LogP contribution in [0, 0.1) is 0 Å². The molecule has 2 aliphatic heterocycles. The molecule has 6 rings (SSSR count). The average molecular weight is 633 g/mol. The van der Waals surface area contributed by atoms with Crippen molar-refractivity contribution in [2.45, 2.75) is 17.5 Å². The number of carboxylic acid groups (broad SMARTS) is 1. The molecule has 3 amide bonds. The lowest BCUT2D eigenvalue weighted by Gasteiger charge is -2.49. The van der Waals surface area contributed by atoms with Crippen molar-refractivity contribution in [1.82, 2.24) is 40.9 Å². The zero-order chi connectivity index (χ0) is 31.1. The summed E-state index contributed by atoms with van der Waals surface area (Å²) in [5.41, 5.74) is -0.111. The number of aromatic hydroxyl groups is 1. The molecule has 2 aliphatic rings. The van der Waals surface area contributed by atoms with Crippen LogP contribution in [-0.2, 0) is 14.4 Å². The number of aromatic amines is 2. The van der Waals surface area contributed by atoms with Crippen molar-refractivity contribution in [3.05, 3.63) is 93.3 Å². The number of benzene rings is 1. The van der Waals surface area contributed by atoms with Gasteiger partial charge in [0, 0.05) is 23.7 Å². The quantitative estimate of drug-likeness (QED) is 0.0881. The maximum absolute atomic E-state index is 13.6. The summed E-state index contributed by atoms with van der Waals surface area (Å²) in [5, 5.41) is 34.1. The second-order valence-electron chi connectivity index (χ2n) is 9.64. The Balaban J connectivity index is 1.26. The SMILES string of the molecule is O=C(O)C1=C(C(=S)c2cn[nH]n2)CS[C@H]2C(NC(=O)C(NC(=O)c3c[nH]c4cccnc4c3=O)c3ccc(O)cc3)C(=O)N12. The number of thioether (sulfide) groups is 1. The van der Waals surface area contributed by atoms with E-state index < -0.39 is 46.6 Å². The molecule has 0 bridgehead atoms. The van der Waals surface area contributed by atoms with Gasteiger partial charge < -0.3 is 25.8 Å². The predicted molar refractivity (Wildman–Crippen MR) is 158 cm³/mol. The normalized spacial score (nSPS) is 18.3. The largest absolute Gasteiger partial charge is 0.508 e. The Hall–Kier alpha value is -5.42. The molecule has 6 N–H and O–H groups in total. The number of phenolic OH excluding ortho intramolecular Hbond substituents is 1. The highest BCUT2D eigenvalue weighted by Crippen LogP contribution is 2.41. The van der Waals surface area contributed by atoms with Gasteiger partial charge in [0.25, 0.3) is 11.8 Å².